The van der Waals surface area contributed by atoms with Gasteiger partial charge in [-0.1, -0.05) is 32.9 Å². The summed E-state index contributed by atoms with van der Waals surface area (Å²) in [6.07, 6.45) is 3.39. The van der Waals surface area contributed by atoms with Crippen LogP contribution in [0.4, 0.5) is 5.69 Å². The van der Waals surface area contributed by atoms with E-state index in [-0.39, 0.29) is 18.1 Å². The minimum atomic E-state index is -0.636. The summed E-state index contributed by atoms with van der Waals surface area (Å²) >= 11 is 0. The Morgan fingerprint density at radius 1 is 1.04 bits per heavy atom. The van der Waals surface area contributed by atoms with Crippen LogP contribution in [-0.2, 0) is 15.0 Å². The van der Waals surface area contributed by atoms with E-state index < -0.39 is 11.8 Å². The summed E-state index contributed by atoms with van der Waals surface area (Å²) in [6.45, 7) is 6.57. The van der Waals surface area contributed by atoms with Crippen molar-refractivity contribution in [2.24, 2.45) is 5.92 Å². The number of carbonyl (C=O) groups excluding carboxylic acids is 2. The Hall–Kier alpha value is -1.88. The summed E-state index contributed by atoms with van der Waals surface area (Å²) in [7, 11) is 0. The number of hydrogen-bond donors (Lipinski definition) is 3. The van der Waals surface area contributed by atoms with Gasteiger partial charge < -0.3 is 15.7 Å². The standard InChI is InChI=1S/C19H28N2O3/c1-19(2,3)14-6-10-16(11-7-14)21-18(24)17(23)20-15-8-4-13(12-22)5-9-15/h6-7,10-11,13,15,22H,4-5,8-9,12H2,1-3H3,(H,20,23)(H,21,24). The first-order chi connectivity index (χ1) is 11.3. The molecule has 0 aliphatic heterocycles. The van der Waals surface area contributed by atoms with Crippen LogP contribution in [0.2, 0.25) is 0 Å². The number of rotatable bonds is 3. The van der Waals surface area contributed by atoms with Crippen LogP contribution < -0.4 is 10.6 Å². The Labute approximate surface area is 143 Å². The fourth-order valence-electron chi connectivity index (χ4n) is 2.98. The topological polar surface area (TPSA) is 78.4 Å². The summed E-state index contributed by atoms with van der Waals surface area (Å²) in [5.74, 6) is -0.904. The average molecular weight is 332 g/mol. The van der Waals surface area contributed by atoms with Gasteiger partial charge in [-0.15, -0.1) is 0 Å². The van der Waals surface area contributed by atoms with Crippen LogP contribution >= 0.6 is 0 Å². The quantitative estimate of drug-likeness (QED) is 0.745. The SMILES string of the molecule is CC(C)(C)c1ccc(NC(=O)C(=O)NC2CCC(CO)CC2)cc1. The Bertz CT molecular complexity index is 567. The Morgan fingerprint density at radius 2 is 1.62 bits per heavy atom. The van der Waals surface area contributed by atoms with Crippen molar-refractivity contribution in [3.05, 3.63) is 29.8 Å². The van der Waals surface area contributed by atoms with E-state index in [0.29, 0.717) is 11.6 Å². The molecule has 0 bridgehead atoms. The number of aliphatic hydroxyl groups is 1. The third-order valence-corrected chi connectivity index (χ3v) is 4.66. The molecule has 2 rings (SSSR count). The van der Waals surface area contributed by atoms with Gasteiger partial charge in [0.15, 0.2) is 0 Å². The Morgan fingerprint density at radius 3 is 2.12 bits per heavy atom. The van der Waals surface area contributed by atoms with Crippen molar-refractivity contribution < 1.29 is 14.7 Å². The van der Waals surface area contributed by atoms with Gasteiger partial charge in [-0.05, 0) is 54.7 Å². The molecule has 0 spiro atoms. The number of amides is 2. The molecule has 1 aromatic carbocycles. The smallest absolute Gasteiger partial charge is 0.313 e. The first-order valence-electron chi connectivity index (χ1n) is 8.63. The molecular formula is C19H28N2O3. The first-order valence-corrected chi connectivity index (χ1v) is 8.63. The molecule has 0 saturated heterocycles. The molecule has 1 aliphatic carbocycles. The number of carbonyl (C=O) groups is 2. The molecule has 0 radical (unpaired) electrons. The lowest BCUT2D eigenvalue weighted by molar-refractivity contribution is -0.136. The van der Waals surface area contributed by atoms with Crippen LogP contribution in [0.5, 0.6) is 0 Å². The van der Waals surface area contributed by atoms with Crippen LogP contribution in [0.3, 0.4) is 0 Å². The van der Waals surface area contributed by atoms with E-state index >= 15 is 0 Å². The van der Waals surface area contributed by atoms with Crippen LogP contribution in [-0.4, -0.2) is 29.6 Å². The molecular weight excluding hydrogens is 304 g/mol. The van der Waals surface area contributed by atoms with Crippen molar-refractivity contribution in [1.82, 2.24) is 5.32 Å². The highest BCUT2D eigenvalue weighted by molar-refractivity contribution is 6.39. The molecule has 0 aromatic heterocycles. The third-order valence-electron chi connectivity index (χ3n) is 4.66. The molecule has 1 aliphatic rings. The van der Waals surface area contributed by atoms with Gasteiger partial charge in [-0.25, -0.2) is 0 Å². The number of benzene rings is 1. The second-order valence-electron chi connectivity index (χ2n) is 7.66. The largest absolute Gasteiger partial charge is 0.396 e. The van der Waals surface area contributed by atoms with Crippen molar-refractivity contribution in [2.75, 3.05) is 11.9 Å². The van der Waals surface area contributed by atoms with Gasteiger partial charge >= 0.3 is 11.8 Å². The Kier molecular flexibility index (Phi) is 5.99. The van der Waals surface area contributed by atoms with E-state index in [0.717, 1.165) is 25.7 Å². The monoisotopic (exact) mass is 332 g/mol. The zero-order valence-corrected chi connectivity index (χ0v) is 14.8. The predicted molar refractivity (Wildman–Crippen MR) is 94.7 cm³/mol. The fourth-order valence-corrected chi connectivity index (χ4v) is 2.98. The number of nitrogens with one attached hydrogen (secondary N) is 2. The fraction of sp³-hybridized carbons (Fsp3) is 0.579. The normalized spacial score (nSPS) is 21.2. The van der Waals surface area contributed by atoms with Gasteiger partial charge in [0, 0.05) is 18.3 Å². The van der Waals surface area contributed by atoms with Gasteiger partial charge in [0.05, 0.1) is 0 Å². The second-order valence-corrected chi connectivity index (χ2v) is 7.66. The Balaban J connectivity index is 1.84. The highest BCUT2D eigenvalue weighted by Gasteiger charge is 2.24. The molecule has 24 heavy (non-hydrogen) atoms. The number of aliphatic hydroxyl groups excluding tert-OH is 1. The molecule has 0 unspecified atom stereocenters. The highest BCUT2D eigenvalue weighted by atomic mass is 16.3. The van der Waals surface area contributed by atoms with E-state index in [1.165, 1.54) is 5.56 Å². The van der Waals surface area contributed by atoms with Crippen LogP contribution in [0.25, 0.3) is 0 Å². The lowest BCUT2D eigenvalue weighted by atomic mass is 9.86. The zero-order chi connectivity index (χ0) is 17.7. The van der Waals surface area contributed by atoms with Crippen molar-refractivity contribution in [1.29, 1.82) is 0 Å². The zero-order valence-electron chi connectivity index (χ0n) is 14.8. The molecule has 5 heteroatoms. The van der Waals surface area contributed by atoms with Gasteiger partial charge in [-0.3, -0.25) is 9.59 Å². The lowest BCUT2D eigenvalue weighted by Gasteiger charge is -2.27. The first kappa shape index (κ1) is 18.5. The minimum absolute atomic E-state index is 0.0225. The van der Waals surface area contributed by atoms with Crippen LogP contribution in [0, 0.1) is 5.92 Å². The summed E-state index contributed by atoms with van der Waals surface area (Å²) in [5.41, 5.74) is 1.84. The average Bonchev–Trinajstić information content (AvgIpc) is 2.55. The predicted octanol–water partition coefficient (Wildman–Crippen LogP) is 2.59. The van der Waals surface area contributed by atoms with Crippen molar-refractivity contribution in [2.45, 2.75) is 57.9 Å². The van der Waals surface area contributed by atoms with Crippen molar-refractivity contribution >= 4 is 17.5 Å². The maximum absolute atomic E-state index is 12.0. The summed E-state index contributed by atoms with van der Waals surface area (Å²) < 4.78 is 0. The second kappa shape index (κ2) is 7.79. The van der Waals surface area contributed by atoms with Crippen LogP contribution in [0.1, 0.15) is 52.0 Å². The van der Waals surface area contributed by atoms with E-state index in [1.807, 2.05) is 24.3 Å². The molecule has 1 fully saturated rings. The van der Waals surface area contributed by atoms with Gasteiger partial charge in [0.25, 0.3) is 0 Å². The number of anilines is 1. The summed E-state index contributed by atoms with van der Waals surface area (Å²) in [4.78, 5) is 24.0. The highest BCUT2D eigenvalue weighted by Crippen LogP contribution is 2.24. The number of hydrogen-bond acceptors (Lipinski definition) is 3. The van der Waals surface area contributed by atoms with E-state index in [1.54, 1.807) is 0 Å². The van der Waals surface area contributed by atoms with E-state index in [2.05, 4.69) is 31.4 Å². The maximum atomic E-state index is 12.0. The molecule has 2 amide bonds. The van der Waals surface area contributed by atoms with Crippen molar-refractivity contribution in [3.63, 3.8) is 0 Å². The van der Waals surface area contributed by atoms with Gasteiger partial charge in [-0.2, -0.15) is 0 Å². The van der Waals surface area contributed by atoms with Crippen LogP contribution in [0.15, 0.2) is 24.3 Å². The molecule has 132 valence electrons. The third kappa shape index (κ3) is 5.06. The molecule has 1 saturated carbocycles. The molecule has 0 heterocycles. The van der Waals surface area contributed by atoms with Gasteiger partial charge in [0.2, 0.25) is 0 Å². The molecule has 1 aromatic rings. The van der Waals surface area contributed by atoms with Crippen molar-refractivity contribution in [3.8, 4) is 0 Å². The molecule has 0 atom stereocenters. The lowest BCUT2D eigenvalue weighted by Crippen LogP contribution is -2.43. The summed E-state index contributed by atoms with van der Waals surface area (Å²) in [5, 5.41) is 14.6. The molecule has 5 nitrogen and oxygen atoms in total. The summed E-state index contributed by atoms with van der Waals surface area (Å²) in [6, 6.07) is 7.58. The maximum Gasteiger partial charge on any atom is 0.313 e. The minimum Gasteiger partial charge on any atom is -0.396 e. The van der Waals surface area contributed by atoms with Gasteiger partial charge in [0.1, 0.15) is 0 Å². The van der Waals surface area contributed by atoms with E-state index in [9.17, 15) is 9.59 Å². The van der Waals surface area contributed by atoms with E-state index in [4.69, 9.17) is 5.11 Å². The molecule has 3 N–H and O–H groups in total.